The molecule has 0 bridgehead atoms. The summed E-state index contributed by atoms with van der Waals surface area (Å²) in [6.45, 7) is 1.91. The Morgan fingerprint density at radius 2 is 2.00 bits per heavy atom. The van der Waals surface area contributed by atoms with Gasteiger partial charge < -0.3 is 0 Å². The molecule has 3 nitrogen and oxygen atoms in total. The van der Waals surface area contributed by atoms with Crippen molar-refractivity contribution in [2.75, 3.05) is 0 Å². The van der Waals surface area contributed by atoms with Crippen LogP contribution >= 0.6 is 11.3 Å². The van der Waals surface area contributed by atoms with E-state index in [1.807, 2.05) is 12.3 Å². The largest absolute Gasteiger partial charge is 0.271 e. The van der Waals surface area contributed by atoms with Crippen molar-refractivity contribution in [3.05, 3.63) is 51.5 Å². The molecule has 0 aliphatic carbocycles. The van der Waals surface area contributed by atoms with Gasteiger partial charge in [-0.2, -0.15) is 0 Å². The average molecular weight is 283 g/mol. The van der Waals surface area contributed by atoms with Gasteiger partial charge in [0.15, 0.2) is 0 Å². The number of nitrogens with zero attached hydrogens (tertiary/aromatic N) is 1. The van der Waals surface area contributed by atoms with E-state index in [4.69, 9.17) is 5.84 Å². The van der Waals surface area contributed by atoms with E-state index >= 15 is 0 Å². The van der Waals surface area contributed by atoms with Crippen LogP contribution in [-0.4, -0.2) is 11.0 Å². The molecule has 6 heteroatoms. The third kappa shape index (κ3) is 3.56. The highest BCUT2D eigenvalue weighted by Crippen LogP contribution is 2.16. The lowest BCUT2D eigenvalue weighted by Gasteiger charge is -2.15. The zero-order valence-electron chi connectivity index (χ0n) is 10.5. The number of nitrogens with one attached hydrogen (secondary N) is 1. The van der Waals surface area contributed by atoms with Gasteiger partial charge in [-0.25, -0.2) is 13.8 Å². The molecule has 0 saturated heterocycles. The Kier molecular flexibility index (Phi) is 4.57. The molecular weight excluding hydrogens is 268 g/mol. The van der Waals surface area contributed by atoms with Gasteiger partial charge in [-0.15, -0.1) is 11.3 Å². The minimum absolute atomic E-state index is 0.0531. The van der Waals surface area contributed by atoms with Crippen molar-refractivity contribution in [2.45, 2.75) is 25.8 Å². The van der Waals surface area contributed by atoms with Crippen LogP contribution in [0.2, 0.25) is 0 Å². The van der Waals surface area contributed by atoms with E-state index in [-0.39, 0.29) is 18.0 Å². The number of rotatable bonds is 5. The Morgan fingerprint density at radius 3 is 2.53 bits per heavy atom. The molecule has 2 aromatic rings. The number of aryl methyl sites for hydroxylation is 1. The monoisotopic (exact) mass is 283 g/mol. The summed E-state index contributed by atoms with van der Waals surface area (Å²) in [4.78, 5) is 4.32. The Balaban J connectivity index is 2.11. The van der Waals surface area contributed by atoms with Gasteiger partial charge in [-0.3, -0.25) is 11.3 Å². The van der Waals surface area contributed by atoms with Crippen molar-refractivity contribution < 1.29 is 8.78 Å². The third-order valence-electron chi connectivity index (χ3n) is 2.87. The molecule has 0 saturated carbocycles. The van der Waals surface area contributed by atoms with Crippen LogP contribution in [0.15, 0.2) is 23.6 Å². The van der Waals surface area contributed by atoms with Crippen LogP contribution in [0.1, 0.15) is 16.3 Å². The minimum Gasteiger partial charge on any atom is -0.271 e. The van der Waals surface area contributed by atoms with Crippen molar-refractivity contribution >= 4 is 11.3 Å². The highest BCUT2D eigenvalue weighted by molar-refractivity contribution is 7.09. The molecule has 0 aliphatic heterocycles. The van der Waals surface area contributed by atoms with Crippen molar-refractivity contribution in [1.82, 2.24) is 10.4 Å². The minimum atomic E-state index is -0.547. The molecular formula is C13H15F2N3S. The van der Waals surface area contributed by atoms with Crippen LogP contribution in [0.4, 0.5) is 8.78 Å². The summed E-state index contributed by atoms with van der Waals surface area (Å²) in [6.07, 6.45) is 0.722. The summed E-state index contributed by atoms with van der Waals surface area (Å²) in [7, 11) is 0. The average Bonchev–Trinajstić information content (AvgIpc) is 2.78. The van der Waals surface area contributed by atoms with Crippen molar-refractivity contribution in [2.24, 2.45) is 5.84 Å². The summed E-state index contributed by atoms with van der Waals surface area (Å²) >= 11 is 1.54. The van der Waals surface area contributed by atoms with Gasteiger partial charge in [0, 0.05) is 23.4 Å². The van der Waals surface area contributed by atoms with Crippen LogP contribution in [0.5, 0.6) is 0 Å². The number of halogens is 2. The second kappa shape index (κ2) is 6.18. The zero-order valence-corrected chi connectivity index (χ0v) is 11.3. The fourth-order valence-corrected chi connectivity index (χ4v) is 2.54. The molecule has 2 rings (SSSR count). The van der Waals surface area contributed by atoms with Gasteiger partial charge in [0.25, 0.3) is 0 Å². The predicted molar refractivity (Wildman–Crippen MR) is 71.7 cm³/mol. The third-order valence-corrected chi connectivity index (χ3v) is 3.69. The van der Waals surface area contributed by atoms with Crippen LogP contribution in [-0.2, 0) is 12.8 Å². The Labute approximate surface area is 114 Å². The number of thiazole rings is 1. The Hall–Kier alpha value is -1.37. The van der Waals surface area contributed by atoms with E-state index in [1.165, 1.54) is 18.2 Å². The summed E-state index contributed by atoms with van der Waals surface area (Å²) in [6, 6.07) is 3.59. The van der Waals surface area contributed by atoms with Crippen LogP contribution in [0.25, 0.3) is 0 Å². The van der Waals surface area contributed by atoms with E-state index in [2.05, 4.69) is 10.4 Å². The molecule has 0 spiro atoms. The second-order valence-corrected chi connectivity index (χ2v) is 5.39. The number of nitrogens with two attached hydrogens (primary N) is 1. The zero-order chi connectivity index (χ0) is 13.8. The van der Waals surface area contributed by atoms with Crippen LogP contribution in [0.3, 0.4) is 0 Å². The molecule has 1 unspecified atom stereocenters. The summed E-state index contributed by atoms with van der Waals surface area (Å²) in [5.74, 6) is 4.36. The number of hydrogen-bond donors (Lipinski definition) is 2. The molecule has 3 N–H and O–H groups in total. The maximum absolute atomic E-state index is 13.6. The number of hydrazine groups is 1. The standard InChI is InChI=1S/C13H15F2N3S/c1-8-17-10(7-19-8)5-9(18-16)6-11-12(14)3-2-4-13(11)15/h2-4,7,9,18H,5-6,16H2,1H3. The topological polar surface area (TPSA) is 50.9 Å². The van der Waals surface area contributed by atoms with Gasteiger partial charge in [0.2, 0.25) is 0 Å². The lowest BCUT2D eigenvalue weighted by molar-refractivity contribution is 0.482. The van der Waals surface area contributed by atoms with E-state index in [0.717, 1.165) is 10.7 Å². The van der Waals surface area contributed by atoms with E-state index < -0.39 is 11.6 Å². The molecule has 1 atom stereocenters. The number of hydrogen-bond acceptors (Lipinski definition) is 4. The predicted octanol–water partition coefficient (Wildman–Crippen LogP) is 2.35. The fourth-order valence-electron chi connectivity index (χ4n) is 1.92. The molecule has 0 fully saturated rings. The molecule has 1 heterocycles. The Morgan fingerprint density at radius 1 is 1.32 bits per heavy atom. The van der Waals surface area contributed by atoms with E-state index in [1.54, 1.807) is 11.3 Å². The number of aromatic nitrogens is 1. The summed E-state index contributed by atoms with van der Waals surface area (Å²) < 4.78 is 27.1. The summed E-state index contributed by atoms with van der Waals surface area (Å²) in [5, 5.41) is 2.89. The molecule has 0 aliphatic rings. The smallest absolute Gasteiger partial charge is 0.129 e. The first-order valence-corrected chi connectivity index (χ1v) is 6.78. The van der Waals surface area contributed by atoms with Crippen molar-refractivity contribution in [3.63, 3.8) is 0 Å². The first-order valence-electron chi connectivity index (χ1n) is 5.90. The molecule has 102 valence electrons. The molecule has 1 aromatic carbocycles. The van der Waals surface area contributed by atoms with Gasteiger partial charge in [0.1, 0.15) is 11.6 Å². The quantitative estimate of drug-likeness (QED) is 0.654. The molecule has 0 amide bonds. The lowest BCUT2D eigenvalue weighted by atomic mass is 10.0. The highest BCUT2D eigenvalue weighted by Gasteiger charge is 2.16. The van der Waals surface area contributed by atoms with Crippen LogP contribution < -0.4 is 11.3 Å². The highest BCUT2D eigenvalue weighted by atomic mass is 32.1. The number of benzene rings is 1. The normalized spacial score (nSPS) is 12.6. The van der Waals surface area contributed by atoms with E-state index in [0.29, 0.717) is 6.42 Å². The van der Waals surface area contributed by atoms with Crippen molar-refractivity contribution in [3.8, 4) is 0 Å². The SMILES string of the molecule is Cc1nc(CC(Cc2c(F)cccc2F)NN)cs1. The van der Waals surface area contributed by atoms with Gasteiger partial charge in [-0.1, -0.05) is 6.07 Å². The van der Waals surface area contributed by atoms with Gasteiger partial charge in [-0.05, 0) is 25.5 Å². The maximum Gasteiger partial charge on any atom is 0.129 e. The first kappa shape index (κ1) is 14.0. The first-order chi connectivity index (χ1) is 9.10. The van der Waals surface area contributed by atoms with Gasteiger partial charge >= 0.3 is 0 Å². The molecule has 0 radical (unpaired) electrons. The fraction of sp³-hybridized carbons (Fsp3) is 0.308. The van der Waals surface area contributed by atoms with Crippen molar-refractivity contribution in [1.29, 1.82) is 0 Å². The van der Waals surface area contributed by atoms with E-state index in [9.17, 15) is 8.78 Å². The van der Waals surface area contributed by atoms with Crippen LogP contribution in [0, 0.1) is 18.6 Å². The second-order valence-electron chi connectivity index (χ2n) is 4.33. The summed E-state index contributed by atoms with van der Waals surface area (Å²) in [5.41, 5.74) is 3.52. The molecule has 1 aromatic heterocycles. The lowest BCUT2D eigenvalue weighted by Crippen LogP contribution is -2.39. The molecule has 19 heavy (non-hydrogen) atoms. The Bertz CT molecular complexity index is 536. The maximum atomic E-state index is 13.6. The van der Waals surface area contributed by atoms with Gasteiger partial charge in [0.05, 0.1) is 10.7 Å².